The maximum atomic E-state index is 4.68. The number of hydrogen-bond acceptors (Lipinski definition) is 6. The molecule has 0 saturated carbocycles. The Kier molecular flexibility index (Phi) is 4.66. The highest BCUT2D eigenvalue weighted by molar-refractivity contribution is 5.56. The average Bonchev–Trinajstić information content (AvgIpc) is 2.92. The number of anilines is 2. The zero-order valence-corrected chi connectivity index (χ0v) is 14.4. The molecule has 0 aromatic carbocycles. The lowest BCUT2D eigenvalue weighted by atomic mass is 10.1. The van der Waals surface area contributed by atoms with Crippen molar-refractivity contribution in [2.45, 2.75) is 58.5 Å². The van der Waals surface area contributed by atoms with Gasteiger partial charge in [0.1, 0.15) is 0 Å². The minimum Gasteiger partial charge on any atom is -0.352 e. The van der Waals surface area contributed by atoms with Gasteiger partial charge in [0, 0.05) is 17.6 Å². The highest BCUT2D eigenvalue weighted by Crippen LogP contribution is 2.23. The molecule has 0 unspecified atom stereocenters. The third-order valence-electron chi connectivity index (χ3n) is 4.11. The van der Waals surface area contributed by atoms with Crippen LogP contribution in [0.25, 0.3) is 5.65 Å². The Bertz CT molecular complexity index is 656. The Balaban J connectivity index is 1.99. The van der Waals surface area contributed by atoms with Crippen LogP contribution < -0.4 is 16.0 Å². The molecule has 0 amide bonds. The molecule has 3 N–H and O–H groups in total. The van der Waals surface area contributed by atoms with E-state index in [1.807, 2.05) is 10.7 Å². The molecule has 0 bridgehead atoms. The fraction of sp³-hybridized carbons (Fsp3) is 0.688. The van der Waals surface area contributed by atoms with Crippen LogP contribution in [0.4, 0.5) is 11.9 Å². The number of aromatic nitrogens is 4. The van der Waals surface area contributed by atoms with Crippen LogP contribution in [0.1, 0.15) is 52.0 Å². The first-order chi connectivity index (χ1) is 11.0. The second-order valence-electron chi connectivity index (χ2n) is 6.83. The van der Waals surface area contributed by atoms with Crippen LogP contribution in [0, 0.1) is 0 Å². The van der Waals surface area contributed by atoms with Gasteiger partial charge in [-0.2, -0.15) is 19.6 Å². The third kappa shape index (κ3) is 3.55. The van der Waals surface area contributed by atoms with E-state index in [-0.39, 0.29) is 6.04 Å². The van der Waals surface area contributed by atoms with Crippen molar-refractivity contribution in [3.63, 3.8) is 0 Å². The molecular weight excluding hydrogens is 290 g/mol. The minimum absolute atomic E-state index is 0.287. The summed E-state index contributed by atoms with van der Waals surface area (Å²) >= 11 is 0. The summed E-state index contributed by atoms with van der Waals surface area (Å²) in [7, 11) is 0. The normalized spacial score (nSPS) is 16.4. The first-order valence-electron chi connectivity index (χ1n) is 8.54. The van der Waals surface area contributed by atoms with E-state index in [2.05, 4.69) is 58.7 Å². The molecule has 0 spiro atoms. The van der Waals surface area contributed by atoms with Crippen LogP contribution in [0.15, 0.2) is 6.20 Å². The van der Waals surface area contributed by atoms with Gasteiger partial charge in [-0.3, -0.25) is 0 Å². The molecule has 0 aliphatic carbocycles. The number of hydrogen-bond donors (Lipinski definition) is 3. The minimum atomic E-state index is 0.287. The van der Waals surface area contributed by atoms with E-state index in [0.29, 0.717) is 17.9 Å². The van der Waals surface area contributed by atoms with E-state index in [1.165, 1.54) is 0 Å². The van der Waals surface area contributed by atoms with Gasteiger partial charge in [0.05, 0.1) is 6.20 Å². The van der Waals surface area contributed by atoms with Gasteiger partial charge in [0.2, 0.25) is 11.9 Å². The van der Waals surface area contributed by atoms with E-state index < -0.39 is 0 Å². The fourth-order valence-electron chi connectivity index (χ4n) is 2.87. The van der Waals surface area contributed by atoms with Crippen molar-refractivity contribution in [3.05, 3.63) is 11.8 Å². The summed E-state index contributed by atoms with van der Waals surface area (Å²) in [4.78, 5) is 9.33. The first kappa shape index (κ1) is 16.0. The van der Waals surface area contributed by atoms with Crippen LogP contribution >= 0.6 is 0 Å². The Labute approximate surface area is 137 Å². The predicted molar refractivity (Wildman–Crippen MR) is 93.1 cm³/mol. The monoisotopic (exact) mass is 317 g/mol. The summed E-state index contributed by atoms with van der Waals surface area (Å²) in [5.41, 5.74) is 2.03. The van der Waals surface area contributed by atoms with Crippen LogP contribution in [-0.4, -0.2) is 44.8 Å². The van der Waals surface area contributed by atoms with Crippen molar-refractivity contribution < 1.29 is 0 Å². The summed E-state index contributed by atoms with van der Waals surface area (Å²) in [5, 5.41) is 14.8. The van der Waals surface area contributed by atoms with E-state index in [4.69, 9.17) is 0 Å². The Morgan fingerprint density at radius 2 is 1.91 bits per heavy atom. The van der Waals surface area contributed by atoms with E-state index >= 15 is 0 Å². The zero-order valence-electron chi connectivity index (χ0n) is 14.4. The molecule has 3 rings (SSSR count). The highest BCUT2D eigenvalue weighted by Gasteiger charge is 2.19. The second-order valence-corrected chi connectivity index (χ2v) is 6.83. The summed E-state index contributed by atoms with van der Waals surface area (Å²) in [5.74, 6) is 1.81. The SMILES string of the molecule is CC(C)Nc1nc(NC2CCNCC2)n2ncc(C(C)C)c2n1. The maximum Gasteiger partial charge on any atom is 0.229 e. The molecule has 2 aromatic rings. The molecule has 0 radical (unpaired) electrons. The third-order valence-corrected chi connectivity index (χ3v) is 4.11. The Morgan fingerprint density at radius 3 is 2.57 bits per heavy atom. The van der Waals surface area contributed by atoms with Crippen molar-refractivity contribution in [1.29, 1.82) is 0 Å². The number of rotatable bonds is 5. The van der Waals surface area contributed by atoms with Crippen molar-refractivity contribution in [2.24, 2.45) is 0 Å². The lowest BCUT2D eigenvalue weighted by molar-refractivity contribution is 0.476. The number of piperidine rings is 1. The Hall–Kier alpha value is -1.89. The second kappa shape index (κ2) is 6.70. The highest BCUT2D eigenvalue weighted by atomic mass is 15.4. The number of nitrogens with zero attached hydrogens (tertiary/aromatic N) is 4. The van der Waals surface area contributed by atoms with E-state index in [9.17, 15) is 0 Å². The smallest absolute Gasteiger partial charge is 0.229 e. The van der Waals surface area contributed by atoms with E-state index in [1.54, 1.807) is 0 Å². The number of fused-ring (bicyclic) bond motifs is 1. The molecule has 1 saturated heterocycles. The van der Waals surface area contributed by atoms with Gasteiger partial charge in [-0.25, -0.2) is 0 Å². The van der Waals surface area contributed by atoms with E-state index in [0.717, 1.165) is 43.1 Å². The summed E-state index contributed by atoms with van der Waals surface area (Å²) in [6.07, 6.45) is 4.09. The Morgan fingerprint density at radius 1 is 1.17 bits per heavy atom. The molecule has 1 fully saturated rings. The molecule has 0 atom stereocenters. The van der Waals surface area contributed by atoms with Crippen molar-refractivity contribution >= 4 is 17.5 Å². The standard InChI is InChI=1S/C16H27N7/c1-10(2)13-9-18-23-14(13)21-15(19-11(3)4)22-16(23)20-12-5-7-17-8-6-12/h9-12,17H,5-8H2,1-4H3,(H2,19,20,21,22). The molecule has 2 aromatic heterocycles. The fourth-order valence-corrected chi connectivity index (χ4v) is 2.87. The maximum absolute atomic E-state index is 4.68. The molecule has 7 nitrogen and oxygen atoms in total. The van der Waals surface area contributed by atoms with Crippen molar-refractivity contribution in [1.82, 2.24) is 24.9 Å². The predicted octanol–water partition coefficient (Wildman–Crippen LogP) is 2.23. The topological polar surface area (TPSA) is 79.2 Å². The summed E-state index contributed by atoms with van der Waals surface area (Å²) in [6, 6.07) is 0.711. The lowest BCUT2D eigenvalue weighted by Crippen LogP contribution is -2.36. The summed E-state index contributed by atoms with van der Waals surface area (Å²) < 4.78 is 1.84. The van der Waals surface area contributed by atoms with Crippen LogP contribution in [-0.2, 0) is 0 Å². The van der Waals surface area contributed by atoms with Gasteiger partial charge in [-0.05, 0) is 45.7 Å². The molecule has 7 heteroatoms. The van der Waals surface area contributed by atoms with Crippen molar-refractivity contribution in [3.8, 4) is 0 Å². The summed E-state index contributed by atoms with van der Waals surface area (Å²) in [6.45, 7) is 10.6. The molecule has 1 aliphatic rings. The molecular formula is C16H27N7. The van der Waals surface area contributed by atoms with Crippen LogP contribution in [0.3, 0.4) is 0 Å². The molecule has 1 aliphatic heterocycles. The molecule has 3 heterocycles. The molecule has 126 valence electrons. The van der Waals surface area contributed by atoms with Gasteiger partial charge in [0.25, 0.3) is 0 Å². The van der Waals surface area contributed by atoms with Gasteiger partial charge in [0.15, 0.2) is 5.65 Å². The zero-order chi connectivity index (χ0) is 16.4. The largest absolute Gasteiger partial charge is 0.352 e. The lowest BCUT2D eigenvalue weighted by Gasteiger charge is -2.24. The van der Waals surface area contributed by atoms with Gasteiger partial charge < -0.3 is 16.0 Å². The molecule has 23 heavy (non-hydrogen) atoms. The van der Waals surface area contributed by atoms with Crippen LogP contribution in [0.5, 0.6) is 0 Å². The van der Waals surface area contributed by atoms with Gasteiger partial charge in [-0.15, -0.1) is 0 Å². The van der Waals surface area contributed by atoms with Crippen LogP contribution in [0.2, 0.25) is 0 Å². The van der Waals surface area contributed by atoms with Gasteiger partial charge in [-0.1, -0.05) is 13.8 Å². The quantitative estimate of drug-likeness (QED) is 0.785. The van der Waals surface area contributed by atoms with Crippen molar-refractivity contribution in [2.75, 3.05) is 23.7 Å². The number of nitrogens with one attached hydrogen (secondary N) is 3. The van der Waals surface area contributed by atoms with Gasteiger partial charge >= 0.3 is 0 Å². The average molecular weight is 317 g/mol. The first-order valence-corrected chi connectivity index (χ1v) is 8.54.